The molecule has 1 aromatic heterocycles. The van der Waals surface area contributed by atoms with E-state index in [1.54, 1.807) is 0 Å². The lowest BCUT2D eigenvalue weighted by molar-refractivity contribution is 0.265. The summed E-state index contributed by atoms with van der Waals surface area (Å²) in [5, 5.41) is 0. The van der Waals surface area contributed by atoms with E-state index in [0.717, 1.165) is 31.7 Å². The van der Waals surface area contributed by atoms with Crippen molar-refractivity contribution < 1.29 is 0 Å². The van der Waals surface area contributed by atoms with Crippen molar-refractivity contribution in [2.45, 2.75) is 19.9 Å². The van der Waals surface area contributed by atoms with Gasteiger partial charge >= 0.3 is 0 Å². The summed E-state index contributed by atoms with van der Waals surface area (Å²) in [6.45, 7) is 4.90. The van der Waals surface area contributed by atoms with E-state index in [9.17, 15) is 0 Å². The second-order valence-corrected chi connectivity index (χ2v) is 4.03. The lowest BCUT2D eigenvalue weighted by atomic mass is 10.1. The molecule has 84 valence electrons. The van der Waals surface area contributed by atoms with E-state index in [4.69, 9.17) is 5.73 Å². The highest BCUT2D eigenvalue weighted by Crippen LogP contribution is 2.05. The third-order valence-corrected chi connectivity index (χ3v) is 2.64. The molecule has 1 aromatic rings. The maximum atomic E-state index is 5.68. The van der Waals surface area contributed by atoms with Gasteiger partial charge in [-0.15, -0.1) is 0 Å². The average Bonchev–Trinajstić information content (AvgIpc) is 2.27. The number of hydrogen-bond donors (Lipinski definition) is 1. The summed E-state index contributed by atoms with van der Waals surface area (Å²) in [5.41, 5.74) is 6.80. The van der Waals surface area contributed by atoms with Gasteiger partial charge in [0.15, 0.2) is 0 Å². The summed E-state index contributed by atoms with van der Waals surface area (Å²) in [4.78, 5) is 6.59. The Labute approximate surface area is 92.3 Å². The minimum absolute atomic E-state index is 0.596. The van der Waals surface area contributed by atoms with Crippen molar-refractivity contribution in [3.63, 3.8) is 0 Å². The largest absolute Gasteiger partial charge is 0.330 e. The van der Waals surface area contributed by atoms with E-state index in [2.05, 4.69) is 29.9 Å². The van der Waals surface area contributed by atoms with Gasteiger partial charge in [0.25, 0.3) is 0 Å². The molecule has 1 heterocycles. The van der Waals surface area contributed by atoms with Crippen LogP contribution in [0.4, 0.5) is 0 Å². The molecule has 1 rings (SSSR count). The molecule has 0 aliphatic rings. The highest BCUT2D eigenvalue weighted by molar-refractivity contribution is 5.02. The number of rotatable bonds is 6. The number of hydrogen-bond acceptors (Lipinski definition) is 3. The molecule has 0 fully saturated rings. The highest BCUT2D eigenvalue weighted by atomic mass is 15.1. The van der Waals surface area contributed by atoms with Gasteiger partial charge in [-0.3, -0.25) is 4.98 Å². The van der Waals surface area contributed by atoms with Crippen molar-refractivity contribution in [1.29, 1.82) is 0 Å². The normalized spacial score (nSPS) is 13.1. The highest BCUT2D eigenvalue weighted by Gasteiger charge is 2.08. The van der Waals surface area contributed by atoms with Gasteiger partial charge in [-0.05, 0) is 31.6 Å². The van der Waals surface area contributed by atoms with Crippen LogP contribution in [0.3, 0.4) is 0 Å². The Bertz CT molecular complexity index is 257. The molecular formula is C12H21N3. The maximum Gasteiger partial charge on any atom is 0.0543 e. The zero-order valence-corrected chi connectivity index (χ0v) is 9.69. The van der Waals surface area contributed by atoms with Gasteiger partial charge in [0.05, 0.1) is 5.69 Å². The fraction of sp³-hybridized carbons (Fsp3) is 0.583. The van der Waals surface area contributed by atoms with E-state index in [-0.39, 0.29) is 0 Å². The molecule has 15 heavy (non-hydrogen) atoms. The lowest BCUT2D eigenvalue weighted by Crippen LogP contribution is -2.29. The van der Waals surface area contributed by atoms with Crippen molar-refractivity contribution in [3.05, 3.63) is 30.1 Å². The molecule has 1 atom stereocenters. The Hall–Kier alpha value is -0.930. The summed E-state index contributed by atoms with van der Waals surface area (Å²) in [7, 11) is 2.12. The van der Waals surface area contributed by atoms with Crippen LogP contribution in [-0.4, -0.2) is 30.0 Å². The predicted molar refractivity (Wildman–Crippen MR) is 63.4 cm³/mol. The second-order valence-electron chi connectivity index (χ2n) is 4.03. The summed E-state index contributed by atoms with van der Waals surface area (Å²) in [6.07, 6.45) is 2.98. The van der Waals surface area contributed by atoms with Gasteiger partial charge in [0, 0.05) is 19.3 Å². The summed E-state index contributed by atoms with van der Waals surface area (Å²) in [5.74, 6) is 0.596. The molecule has 0 aliphatic carbocycles. The molecule has 0 radical (unpaired) electrons. The van der Waals surface area contributed by atoms with Crippen molar-refractivity contribution in [2.75, 3.05) is 20.1 Å². The van der Waals surface area contributed by atoms with E-state index in [1.165, 1.54) is 0 Å². The first-order valence-electron chi connectivity index (χ1n) is 5.54. The molecule has 0 saturated heterocycles. The lowest BCUT2D eigenvalue weighted by Gasteiger charge is -2.21. The monoisotopic (exact) mass is 207 g/mol. The van der Waals surface area contributed by atoms with Crippen molar-refractivity contribution in [3.8, 4) is 0 Å². The minimum atomic E-state index is 0.596. The SMILES string of the molecule is CCC(CN)CN(C)Cc1ccccn1. The zero-order chi connectivity index (χ0) is 11.1. The molecule has 0 saturated carbocycles. The minimum Gasteiger partial charge on any atom is -0.330 e. The van der Waals surface area contributed by atoms with Gasteiger partial charge in [-0.25, -0.2) is 0 Å². The first-order chi connectivity index (χ1) is 7.26. The Morgan fingerprint density at radius 2 is 2.27 bits per heavy atom. The first kappa shape index (κ1) is 12.1. The van der Waals surface area contributed by atoms with Crippen LogP contribution in [0.15, 0.2) is 24.4 Å². The van der Waals surface area contributed by atoms with E-state index < -0.39 is 0 Å². The van der Waals surface area contributed by atoms with E-state index >= 15 is 0 Å². The average molecular weight is 207 g/mol. The van der Waals surface area contributed by atoms with Crippen LogP contribution in [-0.2, 0) is 6.54 Å². The molecule has 0 aliphatic heterocycles. The molecule has 3 nitrogen and oxygen atoms in total. The molecule has 3 heteroatoms. The van der Waals surface area contributed by atoms with Crippen LogP contribution < -0.4 is 5.73 Å². The Balaban J connectivity index is 2.39. The fourth-order valence-electron chi connectivity index (χ4n) is 1.64. The number of aromatic nitrogens is 1. The van der Waals surface area contributed by atoms with E-state index in [0.29, 0.717) is 5.92 Å². The zero-order valence-electron chi connectivity index (χ0n) is 9.69. The molecule has 1 unspecified atom stereocenters. The third kappa shape index (κ3) is 4.40. The Morgan fingerprint density at radius 3 is 2.80 bits per heavy atom. The molecule has 0 spiro atoms. The number of nitrogens with zero attached hydrogens (tertiary/aromatic N) is 2. The fourth-order valence-corrected chi connectivity index (χ4v) is 1.64. The summed E-state index contributed by atoms with van der Waals surface area (Å²) >= 11 is 0. The summed E-state index contributed by atoms with van der Waals surface area (Å²) < 4.78 is 0. The second kappa shape index (κ2) is 6.53. The van der Waals surface area contributed by atoms with Crippen LogP contribution in [0, 0.1) is 5.92 Å². The van der Waals surface area contributed by atoms with Crippen LogP contribution in [0.25, 0.3) is 0 Å². The van der Waals surface area contributed by atoms with Crippen molar-refractivity contribution >= 4 is 0 Å². The third-order valence-electron chi connectivity index (χ3n) is 2.64. The quantitative estimate of drug-likeness (QED) is 0.768. The molecular weight excluding hydrogens is 186 g/mol. The molecule has 2 N–H and O–H groups in total. The van der Waals surface area contributed by atoms with Gasteiger partial charge in [-0.1, -0.05) is 19.4 Å². The van der Waals surface area contributed by atoms with Gasteiger partial charge in [-0.2, -0.15) is 0 Å². The number of nitrogens with two attached hydrogens (primary N) is 1. The topological polar surface area (TPSA) is 42.1 Å². The van der Waals surface area contributed by atoms with Gasteiger partial charge in [0.2, 0.25) is 0 Å². The Kier molecular flexibility index (Phi) is 5.29. The summed E-state index contributed by atoms with van der Waals surface area (Å²) in [6, 6.07) is 6.02. The smallest absolute Gasteiger partial charge is 0.0543 e. The van der Waals surface area contributed by atoms with Gasteiger partial charge in [0.1, 0.15) is 0 Å². The van der Waals surface area contributed by atoms with Gasteiger partial charge < -0.3 is 10.6 Å². The molecule has 0 bridgehead atoms. The van der Waals surface area contributed by atoms with Crippen LogP contribution >= 0.6 is 0 Å². The van der Waals surface area contributed by atoms with Crippen LogP contribution in [0.2, 0.25) is 0 Å². The number of pyridine rings is 1. The van der Waals surface area contributed by atoms with Crippen LogP contribution in [0.5, 0.6) is 0 Å². The van der Waals surface area contributed by atoms with Crippen molar-refractivity contribution in [2.24, 2.45) is 11.7 Å². The Morgan fingerprint density at radius 1 is 1.47 bits per heavy atom. The predicted octanol–water partition coefficient (Wildman–Crippen LogP) is 1.50. The first-order valence-corrected chi connectivity index (χ1v) is 5.54. The maximum absolute atomic E-state index is 5.68. The van der Waals surface area contributed by atoms with Crippen LogP contribution in [0.1, 0.15) is 19.0 Å². The standard InChI is InChI=1S/C12H21N3/c1-3-11(8-13)9-15(2)10-12-6-4-5-7-14-12/h4-7,11H,3,8-10,13H2,1-2H3. The van der Waals surface area contributed by atoms with Crippen molar-refractivity contribution in [1.82, 2.24) is 9.88 Å². The molecule has 0 aromatic carbocycles. The molecule has 0 amide bonds. The van der Waals surface area contributed by atoms with E-state index in [1.807, 2.05) is 18.3 Å².